The Morgan fingerprint density at radius 1 is 0.885 bits per heavy atom. The molecule has 2 N–H and O–H groups in total. The Balaban J connectivity index is 0.745. The second kappa shape index (κ2) is 16.5. The average molecular weight is 846 g/mol. The number of aromatic nitrogens is 3. The Hall–Kier alpha value is -6.51. The van der Waals surface area contributed by atoms with Crippen molar-refractivity contribution < 1.29 is 28.4 Å². The second-order valence-corrected chi connectivity index (χ2v) is 16.4. The molecule has 312 valence electrons. The number of halogens is 2. The van der Waals surface area contributed by atoms with Crippen LogP contribution < -0.4 is 20.4 Å². The predicted octanol–water partition coefficient (Wildman–Crippen LogP) is 3.92. The quantitative estimate of drug-likeness (QED) is 0.243. The van der Waals surface area contributed by atoms with Gasteiger partial charge in [-0.3, -0.25) is 39.1 Å². The summed E-state index contributed by atoms with van der Waals surface area (Å²) in [6, 6.07) is 12.4. The lowest BCUT2D eigenvalue weighted by atomic mass is 9.95. The third kappa shape index (κ3) is 7.84. The van der Waals surface area contributed by atoms with Crippen LogP contribution in [0.15, 0.2) is 55.0 Å². The summed E-state index contributed by atoms with van der Waals surface area (Å²) >= 11 is 6.29. The van der Waals surface area contributed by atoms with Gasteiger partial charge < -0.3 is 20.0 Å². The van der Waals surface area contributed by atoms with Crippen LogP contribution in [-0.2, 0) is 22.6 Å². The highest BCUT2D eigenvalue weighted by molar-refractivity contribution is 6.32. The van der Waals surface area contributed by atoms with Crippen molar-refractivity contribution in [3.63, 3.8) is 0 Å². The molecule has 2 aromatic carbocycles. The minimum Gasteiger partial charge on any atom is -0.367 e. The zero-order valence-electron chi connectivity index (χ0n) is 33.1. The van der Waals surface area contributed by atoms with E-state index >= 15 is 4.39 Å². The smallest absolute Gasteiger partial charge is 0.272 e. The first kappa shape index (κ1) is 39.9. The largest absolute Gasteiger partial charge is 0.367 e. The highest BCUT2D eigenvalue weighted by atomic mass is 35.5. The molecule has 18 heteroatoms. The van der Waals surface area contributed by atoms with E-state index < -0.39 is 35.5 Å². The number of pyridine rings is 1. The van der Waals surface area contributed by atoms with Crippen molar-refractivity contribution in [2.45, 2.75) is 44.7 Å². The lowest BCUT2D eigenvalue weighted by Crippen LogP contribution is -2.54. The maximum atomic E-state index is 15.5. The van der Waals surface area contributed by atoms with Gasteiger partial charge in [-0.2, -0.15) is 5.26 Å². The number of hydrogen-bond acceptors (Lipinski definition) is 13. The van der Waals surface area contributed by atoms with Crippen LogP contribution in [0.3, 0.4) is 0 Å². The van der Waals surface area contributed by atoms with Crippen molar-refractivity contribution in [2.75, 3.05) is 67.5 Å². The SMILES string of the molecule is N#Cc1ccc(N2CCc3c(ncnc3Nc3ccc(C(=O)N4CCC(CN5CCN(c6cc7c(cc6F)C(=O)N(C6CCC(=O)NC6=O)C7=O)CC5)CC4)nc3)C2)cc1Cl. The lowest BCUT2D eigenvalue weighted by Gasteiger charge is -2.39. The number of fused-ring (bicyclic) bond motifs is 2. The molecular weight excluding hydrogens is 805 g/mol. The van der Waals surface area contributed by atoms with Gasteiger partial charge in [-0.1, -0.05) is 11.6 Å². The van der Waals surface area contributed by atoms with Crippen LogP contribution in [0.5, 0.6) is 0 Å². The molecule has 0 saturated carbocycles. The van der Waals surface area contributed by atoms with E-state index in [0.29, 0.717) is 85.9 Å². The summed E-state index contributed by atoms with van der Waals surface area (Å²) in [5.74, 6) is -2.21. The highest BCUT2D eigenvalue weighted by Crippen LogP contribution is 2.34. The summed E-state index contributed by atoms with van der Waals surface area (Å²) in [4.78, 5) is 86.5. The van der Waals surface area contributed by atoms with E-state index in [4.69, 9.17) is 11.6 Å². The monoisotopic (exact) mass is 845 g/mol. The molecule has 1 atom stereocenters. The summed E-state index contributed by atoms with van der Waals surface area (Å²) in [5.41, 5.74) is 4.54. The molecule has 0 radical (unpaired) electrons. The predicted molar refractivity (Wildman–Crippen MR) is 221 cm³/mol. The molecule has 4 aromatic rings. The number of benzene rings is 2. The van der Waals surface area contributed by atoms with Gasteiger partial charge in [-0.05, 0) is 74.1 Å². The van der Waals surface area contributed by atoms with E-state index in [1.165, 1.54) is 12.4 Å². The van der Waals surface area contributed by atoms with E-state index in [2.05, 4.69) is 41.5 Å². The molecule has 5 amide bonds. The fourth-order valence-corrected chi connectivity index (χ4v) is 9.16. The molecule has 5 aliphatic rings. The summed E-state index contributed by atoms with van der Waals surface area (Å²) in [6.07, 6.45) is 5.60. The van der Waals surface area contributed by atoms with Crippen LogP contribution in [0.4, 0.5) is 27.3 Å². The number of carbonyl (C=O) groups is 5. The van der Waals surface area contributed by atoms with Crippen LogP contribution in [0.2, 0.25) is 5.02 Å². The average Bonchev–Trinajstić information content (AvgIpc) is 3.50. The van der Waals surface area contributed by atoms with Crippen molar-refractivity contribution in [1.29, 1.82) is 5.26 Å². The van der Waals surface area contributed by atoms with E-state index in [-0.39, 0.29) is 35.6 Å². The van der Waals surface area contributed by atoms with Crippen LogP contribution >= 0.6 is 11.6 Å². The molecule has 9 rings (SSSR count). The molecule has 7 heterocycles. The molecule has 0 bridgehead atoms. The van der Waals surface area contributed by atoms with E-state index in [9.17, 15) is 29.2 Å². The maximum Gasteiger partial charge on any atom is 0.272 e. The number of nitrogens with one attached hydrogen (secondary N) is 2. The van der Waals surface area contributed by atoms with Crippen molar-refractivity contribution in [3.8, 4) is 6.07 Å². The Morgan fingerprint density at radius 2 is 1.66 bits per heavy atom. The first-order chi connectivity index (χ1) is 29.5. The van der Waals surface area contributed by atoms with Crippen LogP contribution in [0.25, 0.3) is 0 Å². The molecule has 5 aliphatic heterocycles. The van der Waals surface area contributed by atoms with Crippen LogP contribution in [0.1, 0.15) is 73.7 Å². The summed E-state index contributed by atoms with van der Waals surface area (Å²) in [5, 5.41) is 15.2. The van der Waals surface area contributed by atoms with Crippen LogP contribution in [-0.4, -0.2) is 118 Å². The van der Waals surface area contributed by atoms with Gasteiger partial charge >= 0.3 is 0 Å². The Kier molecular flexibility index (Phi) is 10.8. The lowest BCUT2D eigenvalue weighted by molar-refractivity contribution is -0.136. The van der Waals surface area contributed by atoms with Crippen molar-refractivity contribution in [3.05, 3.63) is 99.5 Å². The number of amides is 5. The second-order valence-electron chi connectivity index (χ2n) is 16.0. The molecule has 61 heavy (non-hydrogen) atoms. The van der Waals surface area contributed by atoms with Crippen molar-refractivity contribution in [2.24, 2.45) is 5.92 Å². The number of nitrogens with zero attached hydrogens (tertiary/aromatic N) is 9. The van der Waals surface area contributed by atoms with Gasteiger partial charge in [0.05, 0.1) is 51.5 Å². The molecule has 2 aromatic heterocycles. The maximum absolute atomic E-state index is 15.5. The van der Waals surface area contributed by atoms with Gasteiger partial charge in [0.2, 0.25) is 11.8 Å². The van der Waals surface area contributed by atoms with Crippen molar-refractivity contribution >= 4 is 64.0 Å². The minimum absolute atomic E-state index is 0.00655. The molecular formula is C43H41ClFN11O5. The number of likely N-dealkylation sites (tertiary alicyclic amines) is 1. The summed E-state index contributed by atoms with van der Waals surface area (Å²) in [7, 11) is 0. The molecule has 3 saturated heterocycles. The fourth-order valence-electron chi connectivity index (χ4n) is 8.94. The molecule has 3 fully saturated rings. The molecule has 16 nitrogen and oxygen atoms in total. The number of piperidine rings is 2. The number of anilines is 4. The third-order valence-corrected chi connectivity index (χ3v) is 12.6. The number of nitriles is 1. The van der Waals surface area contributed by atoms with Gasteiger partial charge in [0.1, 0.15) is 35.8 Å². The highest BCUT2D eigenvalue weighted by Gasteiger charge is 2.45. The first-order valence-corrected chi connectivity index (χ1v) is 20.7. The number of imide groups is 2. The van der Waals surface area contributed by atoms with Gasteiger partial charge in [-0.25, -0.2) is 19.3 Å². The van der Waals surface area contributed by atoms with E-state index in [0.717, 1.165) is 53.8 Å². The summed E-state index contributed by atoms with van der Waals surface area (Å²) < 4.78 is 15.5. The van der Waals surface area contributed by atoms with E-state index in [1.54, 1.807) is 24.4 Å². The molecule has 0 aliphatic carbocycles. The number of carbonyl (C=O) groups excluding carboxylic acids is 5. The standard InChI is InChI=1S/C43H41ClFN11O5/c44-32-17-28(3-1-26(32)20-46)55-12-9-29-35(23-55)48-24-49-39(29)50-27-2-4-34(47-21-27)43(61)54-10-7-25(8-11-54)22-52-13-15-53(16-14-52)37-19-31-30(18-33(37)45)41(59)56(42(31)60)36-5-6-38(57)51-40(36)58/h1-4,17-19,21,24-25,36H,5-16,22-23H2,(H,48,49,50)(H,51,57,58). The van der Waals surface area contributed by atoms with Gasteiger partial charge in [0.25, 0.3) is 17.7 Å². The first-order valence-electron chi connectivity index (χ1n) is 20.4. The molecule has 1 unspecified atom stereocenters. The van der Waals surface area contributed by atoms with Gasteiger partial charge in [0.15, 0.2) is 0 Å². The summed E-state index contributed by atoms with van der Waals surface area (Å²) in [6.45, 7) is 5.78. The topological polar surface area (TPSA) is 188 Å². The van der Waals surface area contributed by atoms with Crippen molar-refractivity contribution in [1.82, 2.24) is 35.0 Å². The Labute approximate surface area is 355 Å². The number of rotatable bonds is 8. The normalized spacial score (nSPS) is 19.7. The van der Waals surface area contributed by atoms with E-state index in [1.807, 2.05) is 21.9 Å². The zero-order chi connectivity index (χ0) is 42.4. The minimum atomic E-state index is -1.11. The molecule has 0 spiro atoms. The van der Waals surface area contributed by atoms with Crippen LogP contribution in [0, 0.1) is 23.1 Å². The number of hydrogen-bond donors (Lipinski definition) is 2. The zero-order valence-corrected chi connectivity index (χ0v) is 33.8. The number of piperazine rings is 1. The fraction of sp³-hybridized carbons (Fsp3) is 0.372. The Morgan fingerprint density at radius 3 is 2.36 bits per heavy atom. The van der Waals surface area contributed by atoms with Gasteiger partial charge in [0, 0.05) is 70.0 Å². The van der Waals surface area contributed by atoms with Gasteiger partial charge in [-0.15, -0.1) is 0 Å². The third-order valence-electron chi connectivity index (χ3n) is 12.3. The Bertz CT molecular complexity index is 2500.